The summed E-state index contributed by atoms with van der Waals surface area (Å²) in [6.45, 7) is 2.17. The van der Waals surface area contributed by atoms with Crippen molar-refractivity contribution in [2.75, 3.05) is 20.3 Å². The maximum absolute atomic E-state index is 13.1. The van der Waals surface area contributed by atoms with E-state index in [0.29, 0.717) is 29.4 Å². The van der Waals surface area contributed by atoms with E-state index in [4.69, 9.17) is 14.5 Å². The lowest BCUT2D eigenvalue weighted by atomic mass is 10.1. The summed E-state index contributed by atoms with van der Waals surface area (Å²) in [7, 11) is 1.61. The van der Waals surface area contributed by atoms with Crippen LogP contribution in [0.25, 0.3) is 21.7 Å². The van der Waals surface area contributed by atoms with Gasteiger partial charge in [-0.3, -0.25) is 9.79 Å². The second-order valence-corrected chi connectivity index (χ2v) is 10.1. The molecule has 8 heteroatoms. The van der Waals surface area contributed by atoms with Crippen molar-refractivity contribution in [2.45, 2.75) is 38.3 Å². The minimum atomic E-state index is 0.0175. The molecule has 0 saturated carbocycles. The normalized spacial score (nSPS) is 16.8. The van der Waals surface area contributed by atoms with Crippen molar-refractivity contribution in [3.05, 3.63) is 59.5 Å². The molecule has 1 saturated heterocycles. The smallest absolute Gasteiger partial charge is 0.256 e. The van der Waals surface area contributed by atoms with Gasteiger partial charge in [-0.15, -0.1) is 11.3 Å². The van der Waals surface area contributed by atoms with Crippen molar-refractivity contribution < 1.29 is 14.3 Å². The Morgan fingerprint density at radius 3 is 2.89 bits per heavy atom. The van der Waals surface area contributed by atoms with E-state index in [-0.39, 0.29) is 11.9 Å². The highest BCUT2D eigenvalue weighted by atomic mass is 32.1. The zero-order valence-corrected chi connectivity index (χ0v) is 21.0. The number of aromatic nitrogens is 2. The average Bonchev–Trinajstić information content (AvgIpc) is 3.65. The molecule has 7 nitrogen and oxygen atoms in total. The maximum Gasteiger partial charge on any atom is 0.256 e. The Balaban J connectivity index is 1.14. The van der Waals surface area contributed by atoms with Crippen LogP contribution < -0.4 is 9.47 Å². The predicted molar refractivity (Wildman–Crippen MR) is 143 cm³/mol. The summed E-state index contributed by atoms with van der Waals surface area (Å²) in [5, 5.41) is 2.09. The largest absolute Gasteiger partial charge is 0.493 e. The van der Waals surface area contributed by atoms with Gasteiger partial charge in [0, 0.05) is 25.4 Å². The molecule has 1 fully saturated rings. The highest BCUT2D eigenvalue weighted by Gasteiger charge is 2.32. The first-order valence-corrected chi connectivity index (χ1v) is 13.3. The first-order chi connectivity index (χ1) is 17.7. The van der Waals surface area contributed by atoms with E-state index >= 15 is 0 Å². The molecular formula is C28H28N4O3S. The molecule has 0 spiro atoms. The van der Waals surface area contributed by atoms with Gasteiger partial charge in [-0.25, -0.2) is 4.98 Å². The molecule has 6 rings (SSSR count). The van der Waals surface area contributed by atoms with Crippen LogP contribution in [0.2, 0.25) is 0 Å². The molecule has 4 aromatic rings. The van der Waals surface area contributed by atoms with Crippen LogP contribution in [-0.4, -0.2) is 52.9 Å². The SMILES string of the molecule is COc1cc2c(cc1OCCCCn1c(-c3cccs3)nc3ccccc31)N=C[C@@H]1CCCN1C2=O. The standard InChI is InChI=1S/C28H28N4O3S/c1-34-24-16-20-22(29-18-19-8-6-13-31(19)28(20)33)17-25(24)35-14-5-4-12-32-23-10-3-2-9-21(23)30-27(32)26-11-7-15-36-26/h2-3,7,9-11,15-19H,4-6,8,12-14H2,1H3/t19-/m0/s1. The molecule has 0 radical (unpaired) electrons. The molecule has 2 aliphatic heterocycles. The number of carbonyl (C=O) groups is 1. The number of aliphatic imine (C=N–C) groups is 1. The Morgan fingerprint density at radius 1 is 1.11 bits per heavy atom. The first-order valence-electron chi connectivity index (χ1n) is 12.4. The summed E-state index contributed by atoms with van der Waals surface area (Å²) in [5.74, 6) is 2.22. The van der Waals surface area contributed by atoms with Crippen LogP contribution in [0.15, 0.2) is 58.9 Å². The van der Waals surface area contributed by atoms with Crippen LogP contribution in [0, 0.1) is 0 Å². The molecule has 2 aromatic carbocycles. The van der Waals surface area contributed by atoms with E-state index in [0.717, 1.165) is 55.6 Å². The maximum atomic E-state index is 13.1. The van der Waals surface area contributed by atoms with Gasteiger partial charge < -0.3 is 18.9 Å². The Bertz CT molecular complexity index is 1430. The fourth-order valence-corrected chi connectivity index (χ4v) is 5.79. The van der Waals surface area contributed by atoms with Gasteiger partial charge in [-0.05, 0) is 55.3 Å². The fraction of sp³-hybridized carbons (Fsp3) is 0.321. The molecule has 1 amide bonds. The number of fused-ring (bicyclic) bond motifs is 3. The van der Waals surface area contributed by atoms with Crippen molar-refractivity contribution in [1.82, 2.24) is 14.5 Å². The zero-order chi connectivity index (χ0) is 24.5. The minimum absolute atomic E-state index is 0.0175. The van der Waals surface area contributed by atoms with Crippen LogP contribution in [0.5, 0.6) is 11.5 Å². The topological polar surface area (TPSA) is 69.0 Å². The summed E-state index contributed by atoms with van der Waals surface area (Å²) in [5.41, 5.74) is 3.39. The van der Waals surface area contributed by atoms with Crippen LogP contribution >= 0.6 is 11.3 Å². The van der Waals surface area contributed by atoms with Crippen LogP contribution in [0.3, 0.4) is 0 Å². The number of benzene rings is 2. The van der Waals surface area contributed by atoms with Crippen molar-refractivity contribution in [3.63, 3.8) is 0 Å². The lowest BCUT2D eigenvalue weighted by Crippen LogP contribution is -2.35. The minimum Gasteiger partial charge on any atom is -0.493 e. The number of imidazole rings is 1. The summed E-state index contributed by atoms with van der Waals surface area (Å²) in [4.78, 5) is 25.6. The summed E-state index contributed by atoms with van der Waals surface area (Å²) < 4.78 is 14.0. The molecular weight excluding hydrogens is 472 g/mol. The van der Waals surface area contributed by atoms with E-state index in [1.807, 2.05) is 23.2 Å². The number of aryl methyl sites for hydroxylation is 1. The van der Waals surface area contributed by atoms with E-state index in [2.05, 4.69) is 45.3 Å². The Hall–Kier alpha value is -3.65. The average molecular weight is 501 g/mol. The molecule has 4 heterocycles. The van der Waals surface area contributed by atoms with Crippen molar-refractivity contribution >= 4 is 40.2 Å². The van der Waals surface area contributed by atoms with E-state index < -0.39 is 0 Å². The first kappa shape index (κ1) is 22.8. The zero-order valence-electron chi connectivity index (χ0n) is 20.2. The van der Waals surface area contributed by atoms with E-state index in [1.165, 1.54) is 4.88 Å². The number of para-hydroxylation sites is 2. The monoisotopic (exact) mass is 500 g/mol. The van der Waals surface area contributed by atoms with Gasteiger partial charge in [0.15, 0.2) is 17.3 Å². The molecule has 0 aliphatic carbocycles. The van der Waals surface area contributed by atoms with Crippen molar-refractivity contribution in [2.24, 2.45) is 4.99 Å². The molecule has 1 atom stereocenters. The van der Waals surface area contributed by atoms with Crippen LogP contribution in [-0.2, 0) is 6.54 Å². The summed E-state index contributed by atoms with van der Waals surface area (Å²) in [6.07, 6.45) is 5.69. The van der Waals surface area contributed by atoms with Gasteiger partial charge in [0.2, 0.25) is 0 Å². The highest BCUT2D eigenvalue weighted by molar-refractivity contribution is 7.13. The van der Waals surface area contributed by atoms with Gasteiger partial charge >= 0.3 is 0 Å². The van der Waals surface area contributed by atoms with E-state index in [1.54, 1.807) is 24.5 Å². The second kappa shape index (κ2) is 9.78. The Morgan fingerprint density at radius 2 is 2.03 bits per heavy atom. The molecule has 2 aromatic heterocycles. The van der Waals surface area contributed by atoms with Gasteiger partial charge in [0.25, 0.3) is 5.91 Å². The number of nitrogens with zero attached hydrogens (tertiary/aromatic N) is 4. The van der Waals surface area contributed by atoms with Crippen LogP contribution in [0.4, 0.5) is 5.69 Å². The third-order valence-electron chi connectivity index (χ3n) is 6.89. The number of unbranched alkanes of at least 4 members (excludes halogenated alkanes) is 1. The number of rotatable bonds is 8. The van der Waals surface area contributed by atoms with E-state index in [9.17, 15) is 4.79 Å². The van der Waals surface area contributed by atoms with Gasteiger partial charge in [0.1, 0.15) is 0 Å². The van der Waals surface area contributed by atoms with Gasteiger partial charge in [-0.2, -0.15) is 0 Å². The number of amides is 1. The molecule has 0 bridgehead atoms. The summed E-state index contributed by atoms with van der Waals surface area (Å²) in [6, 6.07) is 16.2. The number of carbonyl (C=O) groups excluding carboxylic acids is 1. The van der Waals surface area contributed by atoms with Crippen molar-refractivity contribution in [1.29, 1.82) is 0 Å². The number of hydrogen-bond acceptors (Lipinski definition) is 6. The Kier molecular flexibility index (Phi) is 6.19. The number of thiophene rings is 1. The quantitative estimate of drug-likeness (QED) is 0.280. The molecule has 184 valence electrons. The number of methoxy groups -OCH3 is 1. The highest BCUT2D eigenvalue weighted by Crippen LogP contribution is 2.38. The van der Waals surface area contributed by atoms with Gasteiger partial charge in [-0.1, -0.05) is 18.2 Å². The number of hydrogen-bond donors (Lipinski definition) is 0. The lowest BCUT2D eigenvalue weighted by Gasteiger charge is -2.20. The Labute approximate surface area is 214 Å². The van der Waals surface area contributed by atoms with Gasteiger partial charge in [0.05, 0.1) is 46.9 Å². The number of ether oxygens (including phenoxy) is 2. The third-order valence-corrected chi connectivity index (χ3v) is 7.75. The molecule has 36 heavy (non-hydrogen) atoms. The van der Waals surface area contributed by atoms with Crippen LogP contribution in [0.1, 0.15) is 36.0 Å². The predicted octanol–water partition coefficient (Wildman–Crippen LogP) is 5.95. The summed E-state index contributed by atoms with van der Waals surface area (Å²) >= 11 is 1.71. The van der Waals surface area contributed by atoms with Crippen molar-refractivity contribution in [3.8, 4) is 22.2 Å². The fourth-order valence-electron chi connectivity index (χ4n) is 5.07. The molecule has 0 unspecified atom stereocenters. The third kappa shape index (κ3) is 4.15. The molecule has 0 N–H and O–H groups in total. The lowest BCUT2D eigenvalue weighted by molar-refractivity contribution is 0.0774. The molecule has 2 aliphatic rings. The second-order valence-electron chi connectivity index (χ2n) is 9.12.